The van der Waals surface area contributed by atoms with E-state index in [9.17, 15) is 4.79 Å². The van der Waals surface area contributed by atoms with Gasteiger partial charge in [0.1, 0.15) is 16.6 Å². The molecule has 0 bridgehead atoms. The van der Waals surface area contributed by atoms with Gasteiger partial charge >= 0.3 is 5.97 Å². The van der Waals surface area contributed by atoms with Crippen LogP contribution in [-0.2, 0) is 16.1 Å². The number of carbonyl (C=O) groups is 1. The summed E-state index contributed by atoms with van der Waals surface area (Å²) < 4.78 is 20.5. The van der Waals surface area contributed by atoms with Crippen LogP contribution in [-0.4, -0.2) is 28.8 Å². The van der Waals surface area contributed by atoms with Crippen molar-refractivity contribution >= 4 is 35.2 Å². The van der Waals surface area contributed by atoms with E-state index >= 15 is 0 Å². The van der Waals surface area contributed by atoms with Gasteiger partial charge in [0.25, 0.3) is 0 Å². The predicted octanol–water partition coefficient (Wildman–Crippen LogP) is 4.53. The number of hydrogen-bond acceptors (Lipinski definition) is 7. The van der Waals surface area contributed by atoms with Crippen molar-refractivity contribution in [3.63, 3.8) is 0 Å². The minimum atomic E-state index is -0.490. The van der Waals surface area contributed by atoms with Crippen LogP contribution >= 0.6 is 23.1 Å². The average molecular weight is 397 g/mol. The van der Waals surface area contributed by atoms with Crippen molar-refractivity contribution in [2.24, 2.45) is 0 Å². The monoisotopic (exact) mass is 396 g/mol. The van der Waals surface area contributed by atoms with Gasteiger partial charge in [-0.05, 0) is 37.1 Å². The Kier molecular flexibility index (Phi) is 8.37. The summed E-state index contributed by atoms with van der Waals surface area (Å²) >= 11 is 6.91. The van der Waals surface area contributed by atoms with E-state index in [0.29, 0.717) is 34.7 Å². The van der Waals surface area contributed by atoms with Crippen molar-refractivity contribution in [1.82, 2.24) is 9.59 Å². The second-order valence-electron chi connectivity index (χ2n) is 5.28. The number of ether oxygens (including phenoxy) is 3. The third-order valence-electron chi connectivity index (χ3n) is 3.30. The molecule has 2 aromatic rings. The molecule has 26 heavy (non-hydrogen) atoms. The number of rotatable bonds is 10. The lowest BCUT2D eigenvalue weighted by atomic mass is 10.2. The number of esters is 1. The van der Waals surface area contributed by atoms with Crippen LogP contribution in [0, 0.1) is 0 Å². The Labute approximate surface area is 161 Å². The molecule has 0 aliphatic carbocycles. The van der Waals surface area contributed by atoms with Crippen LogP contribution in [0.1, 0.15) is 37.9 Å². The number of unbranched alkanes of at least 4 members (excludes halogenated alkanes) is 1. The molecule has 0 fully saturated rings. The summed E-state index contributed by atoms with van der Waals surface area (Å²) in [5.41, 5.74) is 1.26. The van der Waals surface area contributed by atoms with E-state index in [1.165, 1.54) is 6.08 Å². The van der Waals surface area contributed by atoms with Gasteiger partial charge in [0.2, 0.25) is 0 Å². The van der Waals surface area contributed by atoms with Crippen molar-refractivity contribution in [1.29, 1.82) is 0 Å². The first kappa shape index (κ1) is 20.2. The SMILES string of the molecule is CCCCOc1ccc(/C=C/C(=O)OCc2nnsc2Cl)cc1OCC. The van der Waals surface area contributed by atoms with Gasteiger partial charge in [-0.1, -0.05) is 35.5 Å². The molecule has 140 valence electrons. The van der Waals surface area contributed by atoms with E-state index in [0.717, 1.165) is 29.9 Å². The summed E-state index contributed by atoms with van der Waals surface area (Å²) in [6.07, 6.45) is 5.05. The number of benzene rings is 1. The van der Waals surface area contributed by atoms with Gasteiger partial charge in [-0.3, -0.25) is 0 Å². The number of nitrogens with zero attached hydrogens (tertiary/aromatic N) is 2. The molecule has 1 aromatic heterocycles. The minimum absolute atomic E-state index is 0.00703. The molecule has 0 aliphatic heterocycles. The van der Waals surface area contributed by atoms with Gasteiger partial charge in [-0.25, -0.2) is 4.79 Å². The Morgan fingerprint density at radius 3 is 2.81 bits per heavy atom. The lowest BCUT2D eigenvalue weighted by molar-refractivity contribution is -0.139. The van der Waals surface area contributed by atoms with E-state index in [4.69, 9.17) is 25.8 Å². The van der Waals surface area contributed by atoms with Crippen molar-refractivity contribution in [2.75, 3.05) is 13.2 Å². The fourth-order valence-corrected chi connectivity index (χ4v) is 2.58. The molecule has 1 heterocycles. The number of carbonyl (C=O) groups excluding carboxylic acids is 1. The van der Waals surface area contributed by atoms with Gasteiger partial charge in [0.15, 0.2) is 11.5 Å². The Bertz CT molecular complexity index is 749. The molecule has 8 heteroatoms. The molecule has 0 spiro atoms. The van der Waals surface area contributed by atoms with E-state index < -0.39 is 5.97 Å². The van der Waals surface area contributed by atoms with Crippen LogP contribution in [0.4, 0.5) is 0 Å². The van der Waals surface area contributed by atoms with Gasteiger partial charge in [-0.2, -0.15) is 0 Å². The average Bonchev–Trinajstić information content (AvgIpc) is 3.05. The van der Waals surface area contributed by atoms with Crippen molar-refractivity contribution in [3.05, 3.63) is 39.9 Å². The first-order valence-corrected chi connectivity index (χ1v) is 9.50. The molecular weight excluding hydrogens is 376 g/mol. The highest BCUT2D eigenvalue weighted by atomic mass is 35.5. The molecule has 0 saturated carbocycles. The highest BCUT2D eigenvalue weighted by Crippen LogP contribution is 2.29. The quantitative estimate of drug-likeness (QED) is 0.334. The van der Waals surface area contributed by atoms with Crippen LogP contribution in [0.15, 0.2) is 24.3 Å². The Balaban J connectivity index is 1.96. The highest BCUT2D eigenvalue weighted by Gasteiger charge is 2.08. The summed E-state index contributed by atoms with van der Waals surface area (Å²) in [4.78, 5) is 11.8. The summed E-state index contributed by atoms with van der Waals surface area (Å²) in [6.45, 7) is 5.19. The molecular formula is C18H21ClN2O4S. The van der Waals surface area contributed by atoms with E-state index in [1.54, 1.807) is 6.08 Å². The maximum Gasteiger partial charge on any atom is 0.331 e. The zero-order valence-corrected chi connectivity index (χ0v) is 16.3. The topological polar surface area (TPSA) is 70.5 Å². The molecule has 0 amide bonds. The second kappa shape index (κ2) is 10.8. The first-order chi connectivity index (χ1) is 12.6. The van der Waals surface area contributed by atoms with E-state index in [-0.39, 0.29) is 6.61 Å². The first-order valence-electron chi connectivity index (χ1n) is 8.35. The third-order valence-corrected chi connectivity index (χ3v) is 4.28. The standard InChI is InChI=1S/C18H21ClN2O4S/c1-3-5-10-24-15-8-6-13(11-16(15)23-4-2)7-9-17(22)25-12-14-18(19)26-21-20-14/h6-9,11H,3-5,10,12H2,1-2H3/b9-7+. The largest absolute Gasteiger partial charge is 0.490 e. The maximum atomic E-state index is 11.8. The van der Waals surface area contributed by atoms with Gasteiger partial charge in [-0.15, -0.1) is 5.10 Å². The molecule has 0 atom stereocenters. The zero-order chi connectivity index (χ0) is 18.8. The summed E-state index contributed by atoms with van der Waals surface area (Å²) in [5, 5.41) is 3.78. The van der Waals surface area contributed by atoms with E-state index in [1.807, 2.05) is 25.1 Å². The molecule has 0 N–H and O–H groups in total. The van der Waals surface area contributed by atoms with Crippen LogP contribution in [0.5, 0.6) is 11.5 Å². The summed E-state index contributed by atoms with van der Waals surface area (Å²) in [6, 6.07) is 5.52. The molecule has 6 nitrogen and oxygen atoms in total. The fraction of sp³-hybridized carbons (Fsp3) is 0.389. The molecule has 1 aromatic carbocycles. The molecule has 0 saturated heterocycles. The molecule has 2 rings (SSSR count). The minimum Gasteiger partial charge on any atom is -0.490 e. The fourth-order valence-electron chi connectivity index (χ4n) is 1.98. The van der Waals surface area contributed by atoms with Gasteiger partial charge in [0.05, 0.1) is 13.2 Å². The normalized spacial score (nSPS) is 10.9. The lowest BCUT2D eigenvalue weighted by Crippen LogP contribution is -2.02. The molecule has 0 unspecified atom stereocenters. The van der Waals surface area contributed by atoms with Crippen LogP contribution in [0.2, 0.25) is 4.34 Å². The Morgan fingerprint density at radius 1 is 1.27 bits per heavy atom. The second-order valence-corrected chi connectivity index (χ2v) is 6.63. The smallest absolute Gasteiger partial charge is 0.331 e. The van der Waals surface area contributed by atoms with Crippen molar-refractivity contribution < 1.29 is 19.0 Å². The number of hydrogen-bond donors (Lipinski definition) is 0. The zero-order valence-electron chi connectivity index (χ0n) is 14.7. The van der Waals surface area contributed by atoms with Gasteiger partial charge in [0, 0.05) is 17.6 Å². The molecule has 0 radical (unpaired) electrons. The Morgan fingerprint density at radius 2 is 2.12 bits per heavy atom. The summed E-state index contributed by atoms with van der Waals surface area (Å²) in [7, 11) is 0. The van der Waals surface area contributed by atoms with Crippen LogP contribution in [0.3, 0.4) is 0 Å². The maximum absolute atomic E-state index is 11.8. The Hall–Kier alpha value is -2.12. The highest BCUT2D eigenvalue weighted by molar-refractivity contribution is 7.10. The van der Waals surface area contributed by atoms with Crippen molar-refractivity contribution in [2.45, 2.75) is 33.3 Å². The predicted molar refractivity (Wildman–Crippen MR) is 102 cm³/mol. The lowest BCUT2D eigenvalue weighted by Gasteiger charge is -2.12. The number of aromatic nitrogens is 2. The molecule has 0 aliphatic rings. The van der Waals surface area contributed by atoms with Crippen LogP contribution < -0.4 is 9.47 Å². The van der Waals surface area contributed by atoms with Crippen molar-refractivity contribution in [3.8, 4) is 11.5 Å². The number of halogens is 1. The third kappa shape index (κ3) is 6.31. The van der Waals surface area contributed by atoms with Gasteiger partial charge < -0.3 is 14.2 Å². The van der Waals surface area contributed by atoms with E-state index in [2.05, 4.69) is 16.5 Å². The summed E-state index contributed by atoms with van der Waals surface area (Å²) in [5.74, 6) is 0.862. The van der Waals surface area contributed by atoms with Crippen LogP contribution in [0.25, 0.3) is 6.08 Å².